The Morgan fingerprint density at radius 2 is 2.28 bits per heavy atom. The van der Waals surface area contributed by atoms with Crippen LogP contribution in [0.5, 0.6) is 5.75 Å². The zero-order valence-corrected chi connectivity index (χ0v) is 13.1. The van der Waals surface area contributed by atoms with E-state index >= 15 is 0 Å². The fraction of sp³-hybridized carbons (Fsp3) is 0.154. The van der Waals surface area contributed by atoms with E-state index in [4.69, 9.17) is 0 Å². The number of nitrogens with one attached hydrogen (secondary N) is 1. The Kier molecular flexibility index (Phi) is 4.52. The van der Waals surface area contributed by atoms with Crippen molar-refractivity contribution in [2.75, 3.05) is 5.32 Å². The van der Waals surface area contributed by atoms with Gasteiger partial charge in [0.15, 0.2) is 5.13 Å². The van der Waals surface area contributed by atoms with E-state index < -0.39 is 17.4 Å². The van der Waals surface area contributed by atoms with Gasteiger partial charge in [-0.25, -0.2) is 4.98 Å². The summed E-state index contributed by atoms with van der Waals surface area (Å²) in [6, 6.07) is 4.24. The number of nitrogens with zero attached hydrogens (tertiary/aromatic N) is 4. The molecular weight excluding hydrogens is 360 g/mol. The minimum atomic E-state index is -2.93. The van der Waals surface area contributed by atoms with Gasteiger partial charge >= 0.3 is 12.3 Å². The predicted molar refractivity (Wildman–Crippen MR) is 83.8 cm³/mol. The standard InChI is InChI=1S/C13H9F2N5O4S/c14-12(15)24-8-1-2-9-10(3-8)25-13(17-9)18-11(21)6-19-5-7(4-16-19)20(22)23/h1-5,12H,6H2,(H,17,18,21). The lowest BCUT2D eigenvalue weighted by Gasteiger charge is -2.02. The third-order valence-electron chi connectivity index (χ3n) is 2.97. The van der Waals surface area contributed by atoms with E-state index in [9.17, 15) is 23.7 Å². The van der Waals surface area contributed by atoms with Crippen molar-refractivity contribution in [2.45, 2.75) is 13.2 Å². The molecule has 2 heterocycles. The van der Waals surface area contributed by atoms with Crippen LogP contribution in [0.3, 0.4) is 0 Å². The number of carbonyl (C=O) groups is 1. The number of hydrogen-bond donors (Lipinski definition) is 1. The normalized spacial score (nSPS) is 11.0. The summed E-state index contributed by atoms with van der Waals surface area (Å²) in [6.07, 6.45) is 2.17. The highest BCUT2D eigenvalue weighted by atomic mass is 32.1. The first kappa shape index (κ1) is 16.7. The molecule has 0 radical (unpaired) electrons. The Bertz CT molecular complexity index is 942. The maximum atomic E-state index is 12.2. The van der Waals surface area contributed by atoms with E-state index in [1.165, 1.54) is 18.2 Å². The molecule has 12 heteroatoms. The molecule has 0 bridgehead atoms. The van der Waals surface area contributed by atoms with Crippen LogP contribution >= 0.6 is 11.3 Å². The second-order valence-corrected chi connectivity index (χ2v) is 5.76. The number of fused-ring (bicyclic) bond motifs is 1. The minimum Gasteiger partial charge on any atom is -0.435 e. The van der Waals surface area contributed by atoms with Crippen LogP contribution in [0.15, 0.2) is 30.6 Å². The van der Waals surface area contributed by atoms with Gasteiger partial charge < -0.3 is 10.1 Å². The summed E-state index contributed by atoms with van der Waals surface area (Å²) in [6.45, 7) is -3.16. The number of anilines is 1. The van der Waals surface area contributed by atoms with Gasteiger partial charge in [-0.15, -0.1) is 0 Å². The van der Waals surface area contributed by atoms with E-state index in [-0.39, 0.29) is 23.1 Å². The second-order valence-electron chi connectivity index (χ2n) is 4.73. The lowest BCUT2D eigenvalue weighted by Crippen LogP contribution is -2.18. The summed E-state index contributed by atoms with van der Waals surface area (Å²) in [5.74, 6) is -0.492. The van der Waals surface area contributed by atoms with Crippen molar-refractivity contribution >= 4 is 38.3 Å². The summed E-state index contributed by atoms with van der Waals surface area (Å²) in [5, 5.41) is 17.1. The van der Waals surface area contributed by atoms with Crippen LogP contribution in [0.25, 0.3) is 10.2 Å². The van der Waals surface area contributed by atoms with Gasteiger partial charge in [-0.3, -0.25) is 19.6 Å². The smallest absolute Gasteiger partial charge is 0.387 e. The molecule has 2 aromatic heterocycles. The maximum Gasteiger partial charge on any atom is 0.387 e. The molecule has 0 aliphatic rings. The van der Waals surface area contributed by atoms with Crippen LogP contribution in [0.1, 0.15) is 0 Å². The second kappa shape index (κ2) is 6.76. The summed E-state index contributed by atoms with van der Waals surface area (Å²) < 4.78 is 30.4. The molecule has 0 saturated heterocycles. The number of ether oxygens (including phenoxy) is 1. The van der Waals surface area contributed by atoms with Gasteiger partial charge in [0, 0.05) is 0 Å². The first-order valence-corrected chi connectivity index (χ1v) is 7.54. The number of alkyl halides is 2. The number of rotatable bonds is 6. The lowest BCUT2D eigenvalue weighted by molar-refractivity contribution is -0.385. The number of benzene rings is 1. The molecule has 1 aromatic carbocycles. The van der Waals surface area contributed by atoms with Crippen LogP contribution in [0.4, 0.5) is 19.6 Å². The van der Waals surface area contributed by atoms with Gasteiger partial charge in [-0.2, -0.15) is 13.9 Å². The number of thiazole rings is 1. The fourth-order valence-electron chi connectivity index (χ4n) is 1.97. The zero-order valence-electron chi connectivity index (χ0n) is 12.3. The molecule has 1 N–H and O–H groups in total. The Labute approximate surface area is 142 Å². The van der Waals surface area contributed by atoms with Gasteiger partial charge in [0.1, 0.15) is 24.7 Å². The zero-order chi connectivity index (χ0) is 18.0. The quantitative estimate of drug-likeness (QED) is 0.528. The molecule has 3 aromatic rings. The van der Waals surface area contributed by atoms with Gasteiger partial charge in [-0.1, -0.05) is 11.3 Å². The van der Waals surface area contributed by atoms with E-state index in [2.05, 4.69) is 20.1 Å². The van der Waals surface area contributed by atoms with Crippen LogP contribution in [-0.4, -0.2) is 32.2 Å². The number of carbonyl (C=O) groups excluding carboxylic acids is 1. The predicted octanol–water partition coefficient (Wildman–Crippen LogP) is 2.64. The third kappa shape index (κ3) is 4.03. The first-order valence-electron chi connectivity index (χ1n) is 6.73. The van der Waals surface area contributed by atoms with Crippen molar-refractivity contribution in [3.05, 3.63) is 40.7 Å². The van der Waals surface area contributed by atoms with E-state index in [1.54, 1.807) is 0 Å². The molecule has 0 atom stereocenters. The summed E-state index contributed by atoms with van der Waals surface area (Å²) in [4.78, 5) is 26.1. The average molecular weight is 369 g/mol. The number of hydrogen-bond acceptors (Lipinski definition) is 7. The Balaban J connectivity index is 1.69. The fourth-order valence-corrected chi connectivity index (χ4v) is 2.88. The van der Waals surface area contributed by atoms with E-state index in [0.29, 0.717) is 10.2 Å². The van der Waals surface area contributed by atoms with Gasteiger partial charge in [-0.05, 0) is 18.2 Å². The molecule has 9 nitrogen and oxygen atoms in total. The molecule has 3 rings (SSSR count). The van der Waals surface area contributed by atoms with Crippen molar-refractivity contribution in [3.8, 4) is 5.75 Å². The molecule has 0 saturated carbocycles. The Morgan fingerprint density at radius 1 is 1.48 bits per heavy atom. The van der Waals surface area contributed by atoms with Crippen LogP contribution in [0, 0.1) is 10.1 Å². The van der Waals surface area contributed by atoms with Crippen LogP contribution < -0.4 is 10.1 Å². The minimum absolute atomic E-state index is 0.00660. The van der Waals surface area contributed by atoms with Crippen molar-refractivity contribution in [2.24, 2.45) is 0 Å². The van der Waals surface area contributed by atoms with Crippen molar-refractivity contribution < 1.29 is 23.2 Å². The Hall–Kier alpha value is -3.15. The molecule has 25 heavy (non-hydrogen) atoms. The molecule has 0 spiro atoms. The van der Waals surface area contributed by atoms with Crippen molar-refractivity contribution in [1.29, 1.82) is 0 Å². The number of nitro groups is 1. The van der Waals surface area contributed by atoms with Crippen LogP contribution in [-0.2, 0) is 11.3 Å². The highest BCUT2D eigenvalue weighted by molar-refractivity contribution is 7.22. The molecule has 0 aliphatic heterocycles. The lowest BCUT2D eigenvalue weighted by atomic mass is 10.3. The molecular formula is C13H9F2N5O4S. The Morgan fingerprint density at radius 3 is 2.96 bits per heavy atom. The monoisotopic (exact) mass is 369 g/mol. The highest BCUT2D eigenvalue weighted by Gasteiger charge is 2.13. The molecule has 0 unspecified atom stereocenters. The van der Waals surface area contributed by atoms with Gasteiger partial charge in [0.05, 0.1) is 15.1 Å². The van der Waals surface area contributed by atoms with Crippen LogP contribution in [0.2, 0.25) is 0 Å². The summed E-state index contributed by atoms with van der Waals surface area (Å²) in [5.41, 5.74) is 0.288. The molecule has 0 aliphatic carbocycles. The number of halogens is 2. The molecule has 0 fully saturated rings. The van der Waals surface area contributed by atoms with E-state index in [1.807, 2.05) is 0 Å². The number of aromatic nitrogens is 3. The summed E-state index contributed by atoms with van der Waals surface area (Å²) in [7, 11) is 0. The largest absolute Gasteiger partial charge is 0.435 e. The van der Waals surface area contributed by atoms with Crippen molar-refractivity contribution in [1.82, 2.24) is 14.8 Å². The third-order valence-corrected chi connectivity index (χ3v) is 3.90. The van der Waals surface area contributed by atoms with Crippen molar-refractivity contribution in [3.63, 3.8) is 0 Å². The molecule has 1 amide bonds. The highest BCUT2D eigenvalue weighted by Crippen LogP contribution is 2.29. The number of amides is 1. The van der Waals surface area contributed by atoms with Gasteiger partial charge in [0.2, 0.25) is 5.91 Å². The van der Waals surface area contributed by atoms with Gasteiger partial charge in [0.25, 0.3) is 0 Å². The SMILES string of the molecule is O=C(Cn1cc([N+](=O)[O-])cn1)Nc1nc2ccc(OC(F)F)cc2s1. The first-order chi connectivity index (χ1) is 11.9. The van der Waals surface area contributed by atoms with E-state index in [0.717, 1.165) is 28.4 Å². The average Bonchev–Trinajstić information content (AvgIpc) is 3.12. The maximum absolute atomic E-state index is 12.2. The topological polar surface area (TPSA) is 112 Å². The molecule has 130 valence electrons. The summed E-state index contributed by atoms with van der Waals surface area (Å²) >= 11 is 1.08.